The Labute approximate surface area is 292 Å². The lowest BCUT2D eigenvalue weighted by Gasteiger charge is -2.60. The molecule has 1 aromatic carbocycles. The minimum atomic E-state index is -0.958. The van der Waals surface area contributed by atoms with Crippen LogP contribution in [0.5, 0.6) is 0 Å². The summed E-state index contributed by atoms with van der Waals surface area (Å²) in [5, 5.41) is 23.0. The van der Waals surface area contributed by atoms with Crippen LogP contribution in [0.4, 0.5) is 9.93 Å². The van der Waals surface area contributed by atoms with Crippen molar-refractivity contribution in [2.75, 3.05) is 5.32 Å². The van der Waals surface area contributed by atoms with E-state index in [0.717, 1.165) is 68.0 Å². The smallest absolute Gasteiger partial charge is 0.407 e. The van der Waals surface area contributed by atoms with E-state index in [0.29, 0.717) is 29.5 Å². The van der Waals surface area contributed by atoms with Crippen LogP contribution in [-0.2, 0) is 32.9 Å². The molecule has 2 heterocycles. The van der Waals surface area contributed by atoms with Gasteiger partial charge in [0, 0.05) is 29.1 Å². The van der Waals surface area contributed by atoms with Gasteiger partial charge in [-0.05, 0) is 81.8 Å². The van der Waals surface area contributed by atoms with Gasteiger partial charge in [0.1, 0.15) is 11.8 Å². The summed E-state index contributed by atoms with van der Waals surface area (Å²) >= 11 is 1.30. The van der Waals surface area contributed by atoms with Crippen molar-refractivity contribution in [1.82, 2.24) is 20.1 Å². The number of nitrogens with zero attached hydrogens (tertiary/aromatic N) is 3. The minimum absolute atomic E-state index is 0.166. The van der Waals surface area contributed by atoms with Gasteiger partial charge in [-0.25, -0.2) is 19.9 Å². The number of alkyl carbamates (subject to hydrolysis) is 1. The van der Waals surface area contributed by atoms with Crippen LogP contribution < -0.4 is 10.6 Å². The number of nitrogens with one attached hydrogen (secondary N) is 2. The Bertz CT molecular complexity index is 1620. The number of hydrogen-bond donors (Lipinski definition) is 3. The van der Waals surface area contributed by atoms with Crippen molar-refractivity contribution in [2.24, 2.45) is 23.7 Å². The molecular weight excluding hydrogens is 643 g/mol. The van der Waals surface area contributed by atoms with Crippen LogP contribution in [0.25, 0.3) is 0 Å². The van der Waals surface area contributed by atoms with E-state index in [4.69, 9.17) is 19.5 Å². The second kappa shape index (κ2) is 13.4. The van der Waals surface area contributed by atoms with Gasteiger partial charge < -0.3 is 14.8 Å². The molecule has 1 unspecified atom stereocenters. The average Bonchev–Trinajstić information content (AvgIpc) is 3.69. The van der Waals surface area contributed by atoms with Crippen LogP contribution >= 0.6 is 11.3 Å². The van der Waals surface area contributed by atoms with E-state index >= 15 is 0 Å². The van der Waals surface area contributed by atoms with Crippen LogP contribution in [0, 0.1) is 23.7 Å². The number of thiazole rings is 1. The number of ether oxygens (including phenoxy) is 2. The summed E-state index contributed by atoms with van der Waals surface area (Å²) in [5.41, 5.74) is 2.16. The van der Waals surface area contributed by atoms with Gasteiger partial charge in [0.25, 0.3) is 5.91 Å². The summed E-state index contributed by atoms with van der Waals surface area (Å²) in [7, 11) is 0. The molecule has 0 spiro atoms. The molecule has 5 fully saturated rings. The second-order valence-corrected chi connectivity index (χ2v) is 16.9. The number of amides is 2. The van der Waals surface area contributed by atoms with Crippen molar-refractivity contribution in [3.63, 3.8) is 0 Å². The number of anilines is 1. The summed E-state index contributed by atoms with van der Waals surface area (Å²) in [6, 6.07) is 11.8. The number of hydrogen-bond acceptors (Lipinski definition) is 9. The first kappa shape index (κ1) is 34.1. The van der Waals surface area contributed by atoms with E-state index in [1.807, 2.05) is 41.8 Å². The highest BCUT2D eigenvalue weighted by Crippen LogP contribution is 2.61. The van der Waals surface area contributed by atoms with E-state index < -0.39 is 17.5 Å². The molecule has 12 heteroatoms. The zero-order valence-corrected chi connectivity index (χ0v) is 29.8. The van der Waals surface area contributed by atoms with Crippen molar-refractivity contribution >= 4 is 28.5 Å². The molecule has 5 saturated carbocycles. The van der Waals surface area contributed by atoms with Gasteiger partial charge in [0.05, 0.1) is 30.1 Å². The quantitative estimate of drug-likeness (QED) is 0.113. The largest absolute Gasteiger partial charge is 0.446 e. The maximum absolute atomic E-state index is 13.4. The predicted octanol–water partition coefficient (Wildman–Crippen LogP) is 7.52. The van der Waals surface area contributed by atoms with E-state index in [2.05, 4.69) is 43.3 Å². The Kier molecular flexibility index (Phi) is 9.36. The van der Waals surface area contributed by atoms with Crippen LogP contribution in [0.2, 0.25) is 0 Å². The summed E-state index contributed by atoms with van der Waals surface area (Å²) in [6.07, 6.45) is 7.63. The van der Waals surface area contributed by atoms with Gasteiger partial charge >= 0.3 is 6.09 Å². The molecule has 0 saturated heterocycles. The first-order chi connectivity index (χ1) is 23.4. The zero-order valence-electron chi connectivity index (χ0n) is 28.9. The number of carbonyl (C=O) groups excluding carboxylic acids is 2. The monoisotopic (exact) mass is 691 g/mol. The Morgan fingerprint density at radius 1 is 1.08 bits per heavy atom. The van der Waals surface area contributed by atoms with Gasteiger partial charge in [-0.15, -0.1) is 11.3 Å². The van der Waals surface area contributed by atoms with Crippen molar-refractivity contribution < 1.29 is 29.2 Å². The molecule has 4 bridgehead atoms. The van der Waals surface area contributed by atoms with Crippen molar-refractivity contribution in [2.45, 2.75) is 121 Å². The molecule has 2 atom stereocenters. The third-order valence-corrected chi connectivity index (χ3v) is 11.9. The predicted molar refractivity (Wildman–Crippen MR) is 185 cm³/mol. The third kappa shape index (κ3) is 7.29. The minimum Gasteiger partial charge on any atom is -0.446 e. The molecule has 2 aromatic heterocycles. The summed E-state index contributed by atoms with van der Waals surface area (Å²) < 4.78 is 14.4. The van der Waals surface area contributed by atoms with Crippen LogP contribution in [-0.4, -0.2) is 49.5 Å². The molecule has 264 valence electrons. The van der Waals surface area contributed by atoms with Gasteiger partial charge in [-0.2, -0.15) is 5.10 Å². The average molecular weight is 692 g/mol. The Hall–Kier alpha value is -3.32. The second-order valence-electron chi connectivity index (χ2n) is 16.1. The molecule has 2 amide bonds. The molecule has 0 radical (unpaired) electrons. The number of rotatable bonds is 10. The lowest BCUT2D eigenvalue weighted by Crippen LogP contribution is -2.63. The first-order valence-electron chi connectivity index (χ1n) is 17.8. The molecule has 8 rings (SSSR count). The Morgan fingerprint density at radius 2 is 1.80 bits per heavy atom. The number of benzene rings is 1. The van der Waals surface area contributed by atoms with E-state index in [1.165, 1.54) is 17.8 Å². The van der Waals surface area contributed by atoms with Crippen LogP contribution in [0.15, 0.2) is 41.8 Å². The van der Waals surface area contributed by atoms with Crippen molar-refractivity contribution in [3.05, 3.63) is 64.4 Å². The number of aromatic nitrogens is 3. The maximum Gasteiger partial charge on any atom is 0.407 e. The Balaban J connectivity index is 0.926. The molecule has 3 aromatic rings. The SMILES string of the molecule is CC(C)(C)c1cc(C(=O)Nc2nc(CNC(=O)OC3CCC[C@](C)(OC4(OO)C5CC6CC(C5)CC4C6)C3)cs2)n(Cc2ccccc2)n1. The van der Waals surface area contributed by atoms with Crippen LogP contribution in [0.3, 0.4) is 0 Å². The van der Waals surface area contributed by atoms with Gasteiger partial charge in [-0.3, -0.25) is 14.8 Å². The molecule has 5 aliphatic rings. The molecule has 11 nitrogen and oxygen atoms in total. The number of carbonyl (C=O) groups is 2. The highest BCUT2D eigenvalue weighted by Gasteiger charge is 2.62. The van der Waals surface area contributed by atoms with E-state index in [9.17, 15) is 14.8 Å². The lowest BCUT2D eigenvalue weighted by atomic mass is 9.53. The topological polar surface area (TPSA) is 137 Å². The molecule has 0 aliphatic heterocycles. The van der Waals surface area contributed by atoms with Crippen molar-refractivity contribution in [1.29, 1.82) is 0 Å². The maximum atomic E-state index is 13.4. The summed E-state index contributed by atoms with van der Waals surface area (Å²) in [4.78, 5) is 36.2. The van der Waals surface area contributed by atoms with Gasteiger partial charge in [-0.1, -0.05) is 51.1 Å². The fraction of sp³-hybridized carbons (Fsp3) is 0.622. The fourth-order valence-corrected chi connectivity index (χ4v) is 9.65. The third-order valence-electron chi connectivity index (χ3n) is 11.1. The molecule has 49 heavy (non-hydrogen) atoms. The normalized spacial score (nSPS) is 30.7. The zero-order chi connectivity index (χ0) is 34.4. The molecular formula is C37H49N5O6S. The first-order valence-corrected chi connectivity index (χ1v) is 18.6. The van der Waals surface area contributed by atoms with Crippen molar-refractivity contribution in [3.8, 4) is 0 Å². The van der Waals surface area contributed by atoms with Crippen LogP contribution in [0.1, 0.15) is 113 Å². The molecule has 5 aliphatic carbocycles. The Morgan fingerprint density at radius 3 is 2.47 bits per heavy atom. The lowest BCUT2D eigenvalue weighted by molar-refractivity contribution is -0.477. The summed E-state index contributed by atoms with van der Waals surface area (Å²) in [6.45, 7) is 8.91. The van der Waals surface area contributed by atoms with Gasteiger partial charge in [0.2, 0.25) is 5.79 Å². The highest BCUT2D eigenvalue weighted by atomic mass is 32.1. The van der Waals surface area contributed by atoms with E-state index in [1.54, 1.807) is 4.68 Å². The molecule has 3 N–H and O–H groups in total. The van der Waals surface area contributed by atoms with Gasteiger partial charge in [0.15, 0.2) is 5.13 Å². The van der Waals surface area contributed by atoms with E-state index in [-0.39, 0.29) is 35.8 Å². The summed E-state index contributed by atoms with van der Waals surface area (Å²) in [5.74, 6) is 0.599. The highest BCUT2D eigenvalue weighted by molar-refractivity contribution is 7.14. The fourth-order valence-electron chi connectivity index (χ4n) is 8.95. The standard InChI is InChI=1S/C37H49N5O6S/c1-35(2,3)31-18-30(42(41-31)21-23-9-6-5-7-10-23)32(43)40-33-39-28(22-49-33)20-38-34(44)46-29-11-8-12-36(4,19-29)47-37(48-45)26-14-24-13-25(16-26)17-27(37)15-24/h5-7,9-10,18,22,24-27,29,45H,8,11-17,19-21H2,1-4H3,(H,38,44)(H,39,40,43)/t24?,25?,26?,27?,29?,36-,37?/m0/s1.